The van der Waals surface area contributed by atoms with E-state index < -0.39 is 0 Å². The van der Waals surface area contributed by atoms with Crippen LogP contribution < -0.4 is 0 Å². The molecular weight excluding hydrogens is 370 g/mol. The second-order valence-corrected chi connectivity index (χ2v) is 8.54. The van der Waals surface area contributed by atoms with Gasteiger partial charge in [0.1, 0.15) is 0 Å². The highest BCUT2D eigenvalue weighted by molar-refractivity contribution is 6.18. The maximum absolute atomic E-state index is 11.8. The van der Waals surface area contributed by atoms with Crippen molar-refractivity contribution in [2.24, 2.45) is 0 Å². The number of hydrogen-bond acceptors (Lipinski definition) is 3. The second-order valence-electron chi connectivity index (χ2n) is 8.16. The van der Waals surface area contributed by atoms with Crippen molar-refractivity contribution in [3.63, 3.8) is 0 Å². The van der Waals surface area contributed by atoms with Crippen LogP contribution in [0.1, 0.15) is 103 Å². The fourth-order valence-electron chi connectivity index (χ4n) is 4.00. The molecule has 0 aromatic carbocycles. The number of carbonyl (C=O) groups is 1. The van der Waals surface area contributed by atoms with Crippen molar-refractivity contribution in [3.05, 3.63) is 12.2 Å². The molecule has 1 fully saturated rings. The molecule has 0 radical (unpaired) electrons. The number of hydrogen-bond donors (Lipinski definition) is 0. The third kappa shape index (κ3) is 13.6. The summed E-state index contributed by atoms with van der Waals surface area (Å²) >= 11 is 6.00. The summed E-state index contributed by atoms with van der Waals surface area (Å²) < 4.78 is 5.35. The van der Waals surface area contributed by atoms with Gasteiger partial charge in [0, 0.05) is 24.9 Å². The van der Waals surface area contributed by atoms with Gasteiger partial charge < -0.3 is 4.74 Å². The predicted octanol–water partition coefficient (Wildman–Crippen LogP) is 6.88. The molecule has 164 valence electrons. The standard InChI is InChI=1S/C24H44ClNO2/c1-2-3-4-5-6-7-8-15-22-28-24(27)18-13-10-14-20-26(21-19-25)23-16-11-9-12-17-23/h6-7,23H,2-5,8-22H2,1H3/b7-6-. The zero-order valence-electron chi connectivity index (χ0n) is 18.3. The number of esters is 1. The number of carbonyl (C=O) groups excluding carboxylic acids is 1. The van der Waals surface area contributed by atoms with E-state index >= 15 is 0 Å². The van der Waals surface area contributed by atoms with E-state index in [1.807, 2.05) is 0 Å². The first kappa shape index (κ1) is 25.5. The van der Waals surface area contributed by atoms with Gasteiger partial charge in [-0.05, 0) is 57.9 Å². The molecule has 0 spiro atoms. The van der Waals surface area contributed by atoms with Gasteiger partial charge in [-0.15, -0.1) is 11.6 Å². The Hall–Kier alpha value is -0.540. The van der Waals surface area contributed by atoms with Gasteiger partial charge in [0.2, 0.25) is 0 Å². The molecule has 0 aliphatic heterocycles. The Kier molecular flexibility index (Phi) is 16.8. The number of nitrogens with zero attached hydrogens (tertiary/aromatic N) is 1. The van der Waals surface area contributed by atoms with Crippen molar-refractivity contribution in [3.8, 4) is 0 Å². The number of allylic oxidation sites excluding steroid dienone is 2. The van der Waals surface area contributed by atoms with Crippen molar-refractivity contribution in [2.75, 3.05) is 25.6 Å². The predicted molar refractivity (Wildman–Crippen MR) is 121 cm³/mol. The van der Waals surface area contributed by atoms with Gasteiger partial charge in [-0.3, -0.25) is 9.69 Å². The van der Waals surface area contributed by atoms with E-state index in [0.717, 1.165) is 57.1 Å². The molecule has 0 N–H and O–H groups in total. The molecule has 0 bridgehead atoms. The Labute approximate surface area is 179 Å². The first-order valence-electron chi connectivity index (χ1n) is 11.9. The first-order chi connectivity index (χ1) is 13.8. The molecule has 0 amide bonds. The summed E-state index contributed by atoms with van der Waals surface area (Å²) in [6.45, 7) is 4.91. The molecule has 1 aliphatic carbocycles. The van der Waals surface area contributed by atoms with Crippen LogP contribution >= 0.6 is 11.6 Å². The largest absolute Gasteiger partial charge is 0.466 e. The summed E-state index contributed by atoms with van der Waals surface area (Å²) in [7, 11) is 0. The summed E-state index contributed by atoms with van der Waals surface area (Å²) in [5, 5.41) is 0. The first-order valence-corrected chi connectivity index (χ1v) is 12.4. The summed E-state index contributed by atoms with van der Waals surface area (Å²) in [5.41, 5.74) is 0. The minimum absolute atomic E-state index is 0.0307. The van der Waals surface area contributed by atoms with Crippen LogP contribution in [0.15, 0.2) is 12.2 Å². The lowest BCUT2D eigenvalue weighted by Gasteiger charge is -2.34. The highest BCUT2D eigenvalue weighted by Gasteiger charge is 2.20. The van der Waals surface area contributed by atoms with E-state index in [2.05, 4.69) is 24.0 Å². The molecule has 0 heterocycles. The molecule has 0 aromatic heterocycles. The Morgan fingerprint density at radius 2 is 1.71 bits per heavy atom. The fourth-order valence-corrected chi connectivity index (χ4v) is 4.22. The lowest BCUT2D eigenvalue weighted by atomic mass is 9.94. The number of halogens is 1. The van der Waals surface area contributed by atoms with Gasteiger partial charge in [0.15, 0.2) is 0 Å². The molecular formula is C24H44ClNO2. The molecule has 28 heavy (non-hydrogen) atoms. The average Bonchev–Trinajstić information content (AvgIpc) is 2.72. The minimum Gasteiger partial charge on any atom is -0.466 e. The Balaban J connectivity index is 1.97. The fraction of sp³-hybridized carbons (Fsp3) is 0.875. The van der Waals surface area contributed by atoms with Crippen LogP contribution in [0.25, 0.3) is 0 Å². The molecule has 0 atom stereocenters. The van der Waals surface area contributed by atoms with Crippen molar-refractivity contribution in [1.29, 1.82) is 0 Å². The minimum atomic E-state index is -0.0307. The van der Waals surface area contributed by atoms with E-state index in [-0.39, 0.29) is 5.97 Å². The number of ether oxygens (including phenoxy) is 1. The van der Waals surface area contributed by atoms with Crippen LogP contribution in [-0.2, 0) is 9.53 Å². The van der Waals surface area contributed by atoms with Gasteiger partial charge in [0.05, 0.1) is 6.61 Å². The van der Waals surface area contributed by atoms with E-state index in [1.54, 1.807) is 0 Å². The quantitative estimate of drug-likeness (QED) is 0.113. The van der Waals surface area contributed by atoms with Crippen molar-refractivity contribution >= 4 is 17.6 Å². The molecule has 4 heteroatoms. The number of unbranched alkanes of at least 4 members (excludes halogenated alkanes) is 6. The molecule has 1 aliphatic rings. The van der Waals surface area contributed by atoms with Crippen molar-refractivity contribution < 1.29 is 9.53 Å². The zero-order chi connectivity index (χ0) is 20.3. The van der Waals surface area contributed by atoms with Crippen LogP contribution in [0, 0.1) is 0 Å². The lowest BCUT2D eigenvalue weighted by molar-refractivity contribution is -0.143. The zero-order valence-corrected chi connectivity index (χ0v) is 19.1. The van der Waals surface area contributed by atoms with Crippen LogP contribution in [-0.4, -0.2) is 42.5 Å². The number of rotatable bonds is 17. The van der Waals surface area contributed by atoms with Crippen LogP contribution in [0.5, 0.6) is 0 Å². The van der Waals surface area contributed by atoms with Gasteiger partial charge in [-0.25, -0.2) is 0 Å². The van der Waals surface area contributed by atoms with Crippen molar-refractivity contribution in [2.45, 2.75) is 109 Å². The smallest absolute Gasteiger partial charge is 0.305 e. The topological polar surface area (TPSA) is 29.5 Å². The Morgan fingerprint density at radius 3 is 2.43 bits per heavy atom. The molecule has 3 nitrogen and oxygen atoms in total. The SMILES string of the molecule is CCCCC/C=C\CCCOC(=O)CCCCCN(CCCl)C1CCCCC1. The van der Waals surface area contributed by atoms with Gasteiger partial charge in [0.25, 0.3) is 0 Å². The lowest BCUT2D eigenvalue weighted by Crippen LogP contribution is -2.38. The maximum Gasteiger partial charge on any atom is 0.305 e. The van der Waals surface area contributed by atoms with E-state index in [4.69, 9.17) is 16.3 Å². The van der Waals surface area contributed by atoms with Gasteiger partial charge >= 0.3 is 5.97 Å². The average molecular weight is 414 g/mol. The Bertz CT molecular complexity index is 394. The summed E-state index contributed by atoms with van der Waals surface area (Å²) in [6.07, 6.45) is 22.0. The van der Waals surface area contributed by atoms with Crippen LogP contribution in [0.2, 0.25) is 0 Å². The van der Waals surface area contributed by atoms with Crippen molar-refractivity contribution in [1.82, 2.24) is 4.90 Å². The van der Waals surface area contributed by atoms with Crippen LogP contribution in [0.4, 0.5) is 0 Å². The highest BCUT2D eigenvalue weighted by Crippen LogP contribution is 2.23. The molecule has 0 aromatic rings. The maximum atomic E-state index is 11.8. The normalized spacial score (nSPS) is 15.5. The third-order valence-electron chi connectivity index (χ3n) is 5.71. The third-order valence-corrected chi connectivity index (χ3v) is 5.88. The monoisotopic (exact) mass is 413 g/mol. The van der Waals surface area contributed by atoms with Gasteiger partial charge in [-0.2, -0.15) is 0 Å². The highest BCUT2D eigenvalue weighted by atomic mass is 35.5. The van der Waals surface area contributed by atoms with Crippen LogP contribution in [0.3, 0.4) is 0 Å². The molecule has 1 rings (SSSR count). The molecule has 0 saturated heterocycles. The van der Waals surface area contributed by atoms with E-state index in [0.29, 0.717) is 13.0 Å². The Morgan fingerprint density at radius 1 is 0.964 bits per heavy atom. The molecule has 0 unspecified atom stereocenters. The molecule has 1 saturated carbocycles. The summed E-state index contributed by atoms with van der Waals surface area (Å²) in [6, 6.07) is 0.734. The van der Waals surface area contributed by atoms with Gasteiger partial charge in [-0.1, -0.05) is 57.6 Å². The summed E-state index contributed by atoms with van der Waals surface area (Å²) in [5.74, 6) is 0.688. The second kappa shape index (κ2) is 18.5. The number of alkyl halides is 1. The summed E-state index contributed by atoms with van der Waals surface area (Å²) in [4.78, 5) is 14.4. The van der Waals surface area contributed by atoms with E-state index in [1.165, 1.54) is 57.8 Å². The van der Waals surface area contributed by atoms with E-state index in [9.17, 15) is 4.79 Å².